The number of aliphatic hydroxyl groups excluding tert-OH is 2. The average Bonchev–Trinajstić information content (AvgIpc) is 3.07. The van der Waals surface area contributed by atoms with E-state index in [0.717, 1.165) is 0 Å². The molecule has 252 valence electrons. The molecule has 1 amide bonds. The van der Waals surface area contributed by atoms with Crippen molar-refractivity contribution in [1.82, 2.24) is 5.43 Å². The second-order valence-electron chi connectivity index (χ2n) is 12.1. The normalized spacial score (nSPS) is 26.7. The second-order valence-corrected chi connectivity index (χ2v) is 12.1. The molecule has 0 spiro atoms. The van der Waals surface area contributed by atoms with Crippen molar-refractivity contribution in [2.75, 3.05) is 13.7 Å². The molecule has 1 saturated heterocycles. The van der Waals surface area contributed by atoms with Crippen molar-refractivity contribution in [3.63, 3.8) is 0 Å². The zero-order valence-corrected chi connectivity index (χ0v) is 26.0. The highest BCUT2D eigenvalue weighted by Crippen LogP contribution is 2.52. The highest BCUT2D eigenvalue weighted by molar-refractivity contribution is 6.31. The monoisotopic (exact) mass is 661 g/mol. The molecule has 1 heterocycles. The molecule has 0 bridgehead atoms. The Morgan fingerprint density at radius 1 is 1.06 bits per heavy atom. The van der Waals surface area contributed by atoms with Gasteiger partial charge in [0.2, 0.25) is 5.78 Å². The first-order valence-corrected chi connectivity index (χ1v) is 15.3. The number of ketones is 2. The third-order valence-corrected chi connectivity index (χ3v) is 9.16. The van der Waals surface area contributed by atoms with Gasteiger partial charge in [-0.3, -0.25) is 14.4 Å². The van der Waals surface area contributed by atoms with Crippen LogP contribution in [0.5, 0.6) is 17.2 Å². The Kier molecular flexibility index (Phi) is 8.80. The fraction of sp³-hybridized carbons (Fsp3) is 0.353. The maximum atomic E-state index is 13.9. The highest BCUT2D eigenvalue weighted by Gasteiger charge is 2.49. The lowest BCUT2D eigenvalue weighted by atomic mass is 9.71. The van der Waals surface area contributed by atoms with Crippen LogP contribution in [0.15, 0.2) is 53.6 Å². The van der Waals surface area contributed by atoms with E-state index in [1.165, 1.54) is 25.3 Å². The molecule has 8 N–H and O–H groups in total. The third-order valence-electron chi connectivity index (χ3n) is 9.16. The van der Waals surface area contributed by atoms with E-state index < -0.39 is 95.8 Å². The fourth-order valence-electron chi connectivity index (χ4n) is 6.67. The smallest absolute Gasteiger partial charge is 0.271 e. The van der Waals surface area contributed by atoms with E-state index in [4.69, 9.17) is 19.9 Å². The Bertz CT molecular complexity index is 1820. The van der Waals surface area contributed by atoms with Gasteiger partial charge in [0.05, 0.1) is 54.4 Å². The molecule has 0 saturated carbocycles. The molecule has 0 radical (unpaired) electrons. The molecule has 1 aliphatic heterocycles. The van der Waals surface area contributed by atoms with Crippen molar-refractivity contribution >= 4 is 23.2 Å². The van der Waals surface area contributed by atoms with Crippen molar-refractivity contribution < 1.29 is 54.1 Å². The lowest BCUT2D eigenvalue weighted by Crippen LogP contribution is -2.53. The summed E-state index contributed by atoms with van der Waals surface area (Å²) in [5.41, 5.74) is 4.90. The summed E-state index contributed by atoms with van der Waals surface area (Å²) in [4.78, 5) is 40.4. The third kappa shape index (κ3) is 5.51. The molecule has 2 aliphatic carbocycles. The standard InChI is InChI=1S/C34H35N3O11/c1-15-28(39)19(35)11-23(47-15)48-21-13-34(45,22(14-38)36-37-33(44)16-7-4-3-5-8-16)12-18-25(21)32(43)27-26(30(18)41)29(40)17-9-6-10-20(46-2)24(17)31(27)42/h3-10,15,19,21,23,28,38-39,41,43,45H,11-14,35H2,1-2H3,(H,37,44)/t15?,19?,21-,23?,28?,34-/m0/s1. The number of nitrogens with one attached hydrogen (secondary N) is 1. The van der Waals surface area contributed by atoms with Crippen LogP contribution in [-0.2, 0) is 15.9 Å². The minimum atomic E-state index is -2.13. The summed E-state index contributed by atoms with van der Waals surface area (Å²) in [5.74, 6) is -3.43. The van der Waals surface area contributed by atoms with Crippen LogP contribution in [0.1, 0.15) is 79.2 Å². The van der Waals surface area contributed by atoms with Crippen molar-refractivity contribution in [1.29, 1.82) is 0 Å². The number of hydrazone groups is 1. The number of phenols is 2. The van der Waals surface area contributed by atoms with Crippen molar-refractivity contribution in [2.24, 2.45) is 10.8 Å². The first-order valence-electron chi connectivity index (χ1n) is 15.3. The summed E-state index contributed by atoms with van der Waals surface area (Å²) in [7, 11) is 1.33. The number of methoxy groups -OCH3 is 1. The molecule has 1 fully saturated rings. The van der Waals surface area contributed by atoms with Crippen molar-refractivity contribution in [3.8, 4) is 17.2 Å². The lowest BCUT2D eigenvalue weighted by Gasteiger charge is -2.43. The van der Waals surface area contributed by atoms with E-state index in [1.807, 2.05) is 0 Å². The first-order chi connectivity index (χ1) is 22.9. The summed E-state index contributed by atoms with van der Waals surface area (Å²) in [6.07, 6.45) is -5.10. The number of carbonyl (C=O) groups is 3. The molecule has 14 nitrogen and oxygen atoms in total. The maximum Gasteiger partial charge on any atom is 0.271 e. The van der Waals surface area contributed by atoms with Crippen LogP contribution >= 0.6 is 0 Å². The number of nitrogens with zero attached hydrogens (tertiary/aromatic N) is 1. The molecule has 4 unspecified atom stereocenters. The molecule has 0 aromatic heterocycles. The molecule has 6 rings (SSSR count). The SMILES string of the molecule is COc1cccc2c1C(=O)c1c(O)c3c(c(O)c1C2=O)C[C@@](O)(C(CO)=NNC(=O)c1ccccc1)C[C@@H]3OC1CC(N)C(O)C(C)O1. The molecule has 3 aliphatic rings. The van der Waals surface area contributed by atoms with Gasteiger partial charge in [-0.2, -0.15) is 5.10 Å². The zero-order valence-electron chi connectivity index (χ0n) is 26.0. The summed E-state index contributed by atoms with van der Waals surface area (Å²) >= 11 is 0. The minimum Gasteiger partial charge on any atom is -0.507 e. The summed E-state index contributed by atoms with van der Waals surface area (Å²) in [5, 5.41) is 60.2. The number of rotatable bonds is 7. The van der Waals surface area contributed by atoms with E-state index in [-0.39, 0.29) is 45.7 Å². The van der Waals surface area contributed by atoms with Gasteiger partial charge in [0, 0.05) is 47.6 Å². The van der Waals surface area contributed by atoms with Gasteiger partial charge in [-0.15, -0.1) is 0 Å². The van der Waals surface area contributed by atoms with E-state index in [2.05, 4.69) is 10.5 Å². The number of aliphatic hydroxyl groups is 3. The van der Waals surface area contributed by atoms with E-state index in [0.29, 0.717) is 0 Å². The van der Waals surface area contributed by atoms with Gasteiger partial charge in [-0.1, -0.05) is 30.3 Å². The van der Waals surface area contributed by atoms with Crippen molar-refractivity contribution in [2.45, 2.75) is 62.4 Å². The Labute approximate surface area is 274 Å². The van der Waals surface area contributed by atoms with Gasteiger partial charge in [-0.25, -0.2) is 5.43 Å². The number of amides is 1. The van der Waals surface area contributed by atoms with Gasteiger partial charge >= 0.3 is 0 Å². The zero-order chi connectivity index (χ0) is 34.5. The molecular weight excluding hydrogens is 626 g/mol. The van der Waals surface area contributed by atoms with E-state index in [1.54, 1.807) is 37.3 Å². The van der Waals surface area contributed by atoms with Crippen LogP contribution in [0.25, 0.3) is 0 Å². The average molecular weight is 662 g/mol. The van der Waals surface area contributed by atoms with Gasteiger partial charge in [-0.05, 0) is 25.1 Å². The topological polar surface area (TPSA) is 230 Å². The fourth-order valence-corrected chi connectivity index (χ4v) is 6.67. The van der Waals surface area contributed by atoms with E-state index >= 15 is 0 Å². The molecule has 6 atom stereocenters. The number of nitrogens with two attached hydrogens (primary N) is 1. The highest BCUT2D eigenvalue weighted by atomic mass is 16.7. The number of carbonyl (C=O) groups excluding carboxylic acids is 3. The molecular formula is C34H35N3O11. The van der Waals surface area contributed by atoms with Gasteiger partial charge in [0.15, 0.2) is 12.1 Å². The quantitative estimate of drug-likeness (QED) is 0.0842. The summed E-state index contributed by atoms with van der Waals surface area (Å²) in [6, 6.07) is 11.7. The number of hydrogen-bond donors (Lipinski definition) is 7. The van der Waals surface area contributed by atoms with Crippen molar-refractivity contribution in [3.05, 3.63) is 87.5 Å². The van der Waals surface area contributed by atoms with Gasteiger partial charge in [0.25, 0.3) is 5.91 Å². The number of aromatic hydroxyl groups is 2. The second kappa shape index (κ2) is 12.7. The predicted molar refractivity (Wildman–Crippen MR) is 168 cm³/mol. The molecule has 14 heteroatoms. The minimum absolute atomic E-state index is 0.00350. The lowest BCUT2D eigenvalue weighted by molar-refractivity contribution is -0.245. The number of phenolic OH excluding ortho intramolecular Hbond substituents is 2. The Morgan fingerprint density at radius 2 is 1.77 bits per heavy atom. The Morgan fingerprint density at radius 3 is 2.44 bits per heavy atom. The molecule has 48 heavy (non-hydrogen) atoms. The van der Waals surface area contributed by atoms with E-state index in [9.17, 15) is 39.9 Å². The van der Waals surface area contributed by atoms with Crippen LogP contribution in [0, 0.1) is 0 Å². The molecule has 3 aromatic carbocycles. The first kappa shape index (κ1) is 33.2. The largest absolute Gasteiger partial charge is 0.507 e. The van der Waals surface area contributed by atoms with Crippen LogP contribution in [0.3, 0.4) is 0 Å². The molecule has 3 aromatic rings. The number of fused-ring (bicyclic) bond motifs is 3. The Balaban J connectivity index is 1.47. The predicted octanol–water partition coefficient (Wildman–Crippen LogP) is 1.22. The maximum absolute atomic E-state index is 13.9. The van der Waals surface area contributed by atoms with Crippen LogP contribution in [0.2, 0.25) is 0 Å². The van der Waals surface area contributed by atoms with Gasteiger partial charge < -0.3 is 45.5 Å². The van der Waals surface area contributed by atoms with Gasteiger partial charge in [0.1, 0.15) is 22.8 Å². The summed E-state index contributed by atoms with van der Waals surface area (Å²) in [6.45, 7) is 0.746. The van der Waals surface area contributed by atoms with Crippen LogP contribution in [0.4, 0.5) is 0 Å². The number of ether oxygens (including phenoxy) is 3. The number of hydrogen-bond acceptors (Lipinski definition) is 13. The Hall–Kier alpha value is -4.70. The summed E-state index contributed by atoms with van der Waals surface area (Å²) < 4.78 is 17.4. The number of benzene rings is 3. The van der Waals surface area contributed by atoms with Crippen LogP contribution < -0.4 is 15.9 Å². The van der Waals surface area contributed by atoms with Crippen LogP contribution in [-0.4, -0.2) is 92.6 Å².